The Bertz CT molecular complexity index is 438. The molecule has 0 aromatic carbocycles. The first-order valence-corrected chi connectivity index (χ1v) is 6.33. The van der Waals surface area contributed by atoms with Crippen LogP contribution in [0.25, 0.3) is 0 Å². The largest absolute Gasteiger partial charge is 3.00 e. The van der Waals surface area contributed by atoms with Gasteiger partial charge in [0.15, 0.2) is 0 Å². The number of carbonyl (C=O) groups excluding carboxylic acids is 6. The molecule has 0 aromatic rings. The minimum atomic E-state index is -1.75. The second kappa shape index (κ2) is 57.1. The van der Waals surface area contributed by atoms with Crippen molar-refractivity contribution < 1.29 is 61.1 Å². The monoisotopic (exact) mass is 602 g/mol. The molecule has 1 radical (unpaired) electrons. The van der Waals surface area contributed by atoms with Gasteiger partial charge < -0.3 is 115 Å². The standard InChI is InChI=1S/6CH4N2O.Fe.3NO3/c6*2-1(3)4;;3*2-1(3)4/h6*(H4,2,3,4);;;;/q;;;;;;+3;3*-1. The molecule has 0 atom stereocenters. The molecular weight excluding hydrogens is 578 g/mol. The summed E-state index contributed by atoms with van der Waals surface area (Å²) in [5.41, 5.74) is 51.0. The molecular formula is C6H24FeN15O15. The van der Waals surface area contributed by atoms with Crippen LogP contribution in [-0.2, 0) is 17.1 Å². The van der Waals surface area contributed by atoms with E-state index in [9.17, 15) is 0 Å². The number of nitrogens with zero attached hydrogens (tertiary/aromatic N) is 3. The fourth-order valence-corrected chi connectivity index (χ4v) is 0. The summed E-state index contributed by atoms with van der Waals surface area (Å²) in [5.74, 6) is 0. The number of hydrogen-bond acceptors (Lipinski definition) is 15. The van der Waals surface area contributed by atoms with E-state index in [0.717, 1.165) is 0 Å². The second-order valence-electron chi connectivity index (χ2n) is 3.09. The number of rotatable bonds is 0. The van der Waals surface area contributed by atoms with E-state index in [2.05, 4.69) is 68.8 Å². The van der Waals surface area contributed by atoms with E-state index in [1.807, 2.05) is 0 Å². The summed E-state index contributed by atoms with van der Waals surface area (Å²) in [5, 5.41) is 44.2. The van der Waals surface area contributed by atoms with Crippen LogP contribution < -0.4 is 68.8 Å². The molecule has 0 heterocycles. The Kier molecular flexibility index (Phi) is 97.6. The molecule has 0 rings (SSSR count). The van der Waals surface area contributed by atoms with Gasteiger partial charge in [-0.15, -0.1) is 0 Å². The van der Waals surface area contributed by atoms with Crippen LogP contribution in [0, 0.1) is 46.0 Å². The van der Waals surface area contributed by atoms with Crippen molar-refractivity contribution in [3.8, 4) is 0 Å². The molecule has 24 N–H and O–H groups in total. The molecule has 0 aromatic heterocycles. The smallest absolute Gasteiger partial charge is 0.356 e. The number of amides is 12. The van der Waals surface area contributed by atoms with E-state index >= 15 is 0 Å². The Labute approximate surface area is 212 Å². The summed E-state index contributed by atoms with van der Waals surface area (Å²) in [7, 11) is 0. The zero-order chi connectivity index (χ0) is 32.2. The van der Waals surface area contributed by atoms with Crippen molar-refractivity contribution in [2.45, 2.75) is 0 Å². The summed E-state index contributed by atoms with van der Waals surface area (Å²) < 4.78 is 0. The van der Waals surface area contributed by atoms with Crippen molar-refractivity contribution in [2.75, 3.05) is 0 Å². The van der Waals surface area contributed by atoms with Crippen LogP contribution in [-0.4, -0.2) is 51.4 Å². The number of hydrogen-bond donors (Lipinski definition) is 12. The summed E-state index contributed by atoms with van der Waals surface area (Å²) in [4.78, 5) is 78.8. The first-order chi connectivity index (χ1) is 15.6. The number of nitrogens with two attached hydrogens (primary N) is 12. The third-order valence-electron chi connectivity index (χ3n) is 0. The van der Waals surface area contributed by atoms with Crippen molar-refractivity contribution in [1.29, 1.82) is 0 Å². The summed E-state index contributed by atoms with van der Waals surface area (Å²) in [6, 6.07) is -5.00. The quantitative estimate of drug-likeness (QED) is 0.0696. The predicted molar refractivity (Wildman–Crippen MR) is 114 cm³/mol. The molecule has 221 valence electrons. The number of urea groups is 6. The van der Waals surface area contributed by atoms with Crippen LogP contribution in [0.2, 0.25) is 0 Å². The Hall–Kier alpha value is -6.26. The average molecular weight is 602 g/mol. The van der Waals surface area contributed by atoms with Crippen molar-refractivity contribution in [2.24, 2.45) is 68.8 Å². The van der Waals surface area contributed by atoms with E-state index in [1.165, 1.54) is 0 Å². The minimum absolute atomic E-state index is 0. The van der Waals surface area contributed by atoms with Gasteiger partial charge in [-0.25, -0.2) is 28.8 Å². The molecule has 0 saturated carbocycles. The van der Waals surface area contributed by atoms with Gasteiger partial charge in [0.25, 0.3) is 0 Å². The molecule has 37 heavy (non-hydrogen) atoms. The Morgan fingerprint density at radius 3 is 0.324 bits per heavy atom. The minimum Gasteiger partial charge on any atom is -0.356 e. The molecule has 0 aliphatic carbocycles. The number of primary amides is 12. The maximum Gasteiger partial charge on any atom is 3.00 e. The molecule has 31 heteroatoms. The van der Waals surface area contributed by atoms with E-state index < -0.39 is 51.4 Å². The van der Waals surface area contributed by atoms with Crippen LogP contribution >= 0.6 is 0 Å². The number of carbonyl (C=O) groups is 6. The van der Waals surface area contributed by atoms with Crippen molar-refractivity contribution in [3.05, 3.63) is 46.0 Å². The molecule has 0 aliphatic heterocycles. The van der Waals surface area contributed by atoms with Gasteiger partial charge in [-0.2, -0.15) is 0 Å². The van der Waals surface area contributed by atoms with Crippen LogP contribution in [0.15, 0.2) is 0 Å². The predicted octanol–water partition coefficient (Wildman–Crippen LogP) is -6.58. The van der Waals surface area contributed by atoms with E-state index in [4.69, 9.17) is 74.7 Å². The van der Waals surface area contributed by atoms with Crippen molar-refractivity contribution >= 4 is 36.2 Å². The zero-order valence-corrected chi connectivity index (χ0v) is 18.9. The third-order valence-corrected chi connectivity index (χ3v) is 0. The first-order valence-electron chi connectivity index (χ1n) is 6.33. The summed E-state index contributed by atoms with van der Waals surface area (Å²) in [6.07, 6.45) is 0. The second-order valence-corrected chi connectivity index (χ2v) is 3.09. The summed E-state index contributed by atoms with van der Waals surface area (Å²) in [6.45, 7) is 0. The van der Waals surface area contributed by atoms with Gasteiger partial charge in [0.1, 0.15) is 0 Å². The first kappa shape index (κ1) is 63.2. The van der Waals surface area contributed by atoms with Gasteiger partial charge in [-0.05, 0) is 0 Å². The zero-order valence-electron chi connectivity index (χ0n) is 17.7. The summed E-state index contributed by atoms with van der Waals surface area (Å²) >= 11 is 0. The SMILES string of the molecule is NC(N)=O.NC(N)=O.NC(N)=O.NC(N)=O.NC(N)=O.NC(N)=O.O=[N+]([O-])[O-].O=[N+]([O-])[O-].O=[N+]([O-])[O-].[Fe+3]. The van der Waals surface area contributed by atoms with Gasteiger partial charge in [0, 0.05) is 0 Å². The molecule has 0 fully saturated rings. The molecule has 0 saturated heterocycles. The van der Waals surface area contributed by atoms with Gasteiger partial charge in [0.05, 0.1) is 15.3 Å². The molecule has 12 amide bonds. The van der Waals surface area contributed by atoms with E-state index in [0.29, 0.717) is 0 Å². The maximum absolute atomic E-state index is 9.00. The molecule has 0 bridgehead atoms. The topological polar surface area (TPSA) is 613 Å². The fourth-order valence-electron chi connectivity index (χ4n) is 0. The van der Waals surface area contributed by atoms with E-state index in [-0.39, 0.29) is 17.1 Å². The van der Waals surface area contributed by atoms with Gasteiger partial charge in [-0.1, -0.05) is 0 Å². The molecule has 30 nitrogen and oxygen atoms in total. The molecule has 0 aliphatic rings. The Balaban J connectivity index is -0.0000000276. The maximum atomic E-state index is 9.00. The van der Waals surface area contributed by atoms with Crippen LogP contribution in [0.5, 0.6) is 0 Å². The molecule has 0 spiro atoms. The third kappa shape index (κ3) is 584. The van der Waals surface area contributed by atoms with Gasteiger partial charge in [-0.3, -0.25) is 0 Å². The van der Waals surface area contributed by atoms with Crippen molar-refractivity contribution in [1.82, 2.24) is 0 Å². The normalized spacial score (nSPS) is 5.84. The van der Waals surface area contributed by atoms with Crippen molar-refractivity contribution in [3.63, 3.8) is 0 Å². The van der Waals surface area contributed by atoms with E-state index in [1.54, 1.807) is 0 Å². The van der Waals surface area contributed by atoms with Gasteiger partial charge in [0.2, 0.25) is 0 Å². The van der Waals surface area contributed by atoms with Crippen LogP contribution in [0.4, 0.5) is 28.8 Å². The van der Waals surface area contributed by atoms with Crippen LogP contribution in [0.3, 0.4) is 0 Å². The van der Waals surface area contributed by atoms with Crippen LogP contribution in [0.1, 0.15) is 0 Å². The molecule has 0 unspecified atom stereocenters. The Morgan fingerprint density at radius 2 is 0.324 bits per heavy atom. The average Bonchev–Trinajstić information content (AvgIpc) is 2.39. The fraction of sp³-hybridized carbons (Fsp3) is 0. The van der Waals surface area contributed by atoms with Gasteiger partial charge >= 0.3 is 53.3 Å². The Morgan fingerprint density at radius 1 is 0.324 bits per heavy atom.